The summed E-state index contributed by atoms with van der Waals surface area (Å²) in [5.74, 6) is 0.452. The molecule has 3 heterocycles. The van der Waals surface area contributed by atoms with E-state index in [1.807, 2.05) is 66.4 Å². The monoisotopic (exact) mass is 800 g/mol. The Morgan fingerprint density at radius 1 is 0.949 bits per heavy atom. The maximum absolute atomic E-state index is 16.0. The molecule has 1 saturated carbocycles. The molecule has 4 amide bonds. The van der Waals surface area contributed by atoms with Crippen LogP contribution in [0.2, 0.25) is 0 Å². The molecule has 6 aromatic rings. The Hall–Kier alpha value is -6.77. The molecule has 2 fully saturated rings. The number of amides is 4. The lowest BCUT2D eigenvalue weighted by molar-refractivity contribution is -0.138. The zero-order valence-corrected chi connectivity index (χ0v) is 33.0. The fourth-order valence-electron chi connectivity index (χ4n) is 8.64. The SMILES string of the molecule is CCCN(Cc1nc2c(ccc3cc(-c4ccc(-c5cnc([C@@H]6[C@H]7CC[C@H](C7)N6C(=O)[C@H](NC(=O)OC)c6ccccc6)[nH]5)c(F)c4)ccc32)[nH]1)C(=O)CNC(=O)OC. The molecule has 14 nitrogen and oxygen atoms in total. The number of nitrogens with zero attached hydrogens (tertiary/aromatic N) is 4. The first-order valence-corrected chi connectivity index (χ1v) is 19.7. The van der Waals surface area contributed by atoms with E-state index in [9.17, 15) is 19.2 Å². The lowest BCUT2D eigenvalue weighted by atomic mass is 9.96. The summed E-state index contributed by atoms with van der Waals surface area (Å²) in [6.07, 6.45) is 3.59. The van der Waals surface area contributed by atoms with E-state index in [0.29, 0.717) is 40.6 Å². The van der Waals surface area contributed by atoms with Crippen LogP contribution in [0.15, 0.2) is 85.1 Å². The van der Waals surface area contributed by atoms with Gasteiger partial charge in [0.1, 0.15) is 30.1 Å². The molecule has 8 rings (SSSR count). The summed E-state index contributed by atoms with van der Waals surface area (Å²) in [6, 6.07) is 22.7. The van der Waals surface area contributed by atoms with Crippen LogP contribution in [0.4, 0.5) is 14.0 Å². The third-order valence-corrected chi connectivity index (χ3v) is 11.4. The second kappa shape index (κ2) is 16.6. The van der Waals surface area contributed by atoms with Crippen molar-refractivity contribution in [3.8, 4) is 22.4 Å². The van der Waals surface area contributed by atoms with Gasteiger partial charge in [0, 0.05) is 23.5 Å². The van der Waals surface area contributed by atoms with E-state index < -0.39 is 24.0 Å². The third-order valence-electron chi connectivity index (χ3n) is 11.4. The molecule has 1 aliphatic heterocycles. The molecule has 4 N–H and O–H groups in total. The van der Waals surface area contributed by atoms with Crippen LogP contribution in [0.25, 0.3) is 44.2 Å². The number of ether oxygens (including phenoxy) is 2. The van der Waals surface area contributed by atoms with Crippen molar-refractivity contribution in [3.63, 3.8) is 0 Å². The van der Waals surface area contributed by atoms with Crippen molar-refractivity contribution in [1.82, 2.24) is 40.4 Å². The number of methoxy groups -OCH3 is 2. The van der Waals surface area contributed by atoms with Crippen LogP contribution in [0, 0.1) is 11.7 Å². The Bertz CT molecular complexity index is 2540. The molecule has 2 aromatic heterocycles. The highest BCUT2D eigenvalue weighted by Crippen LogP contribution is 2.50. The van der Waals surface area contributed by atoms with Gasteiger partial charge in [0.25, 0.3) is 5.91 Å². The number of fused-ring (bicyclic) bond motifs is 5. The molecule has 0 spiro atoms. The molecule has 2 aliphatic rings. The fraction of sp³-hybridized carbons (Fsp3) is 0.318. The quantitative estimate of drug-likeness (QED) is 0.101. The Balaban J connectivity index is 1.01. The molecule has 4 aromatic carbocycles. The maximum atomic E-state index is 16.0. The van der Waals surface area contributed by atoms with E-state index in [1.165, 1.54) is 20.3 Å². The highest BCUT2D eigenvalue weighted by atomic mass is 19.1. The lowest BCUT2D eigenvalue weighted by Gasteiger charge is -2.36. The summed E-state index contributed by atoms with van der Waals surface area (Å²) in [5.41, 5.74) is 4.59. The van der Waals surface area contributed by atoms with Gasteiger partial charge in [-0.2, -0.15) is 0 Å². The van der Waals surface area contributed by atoms with E-state index in [-0.39, 0.29) is 42.9 Å². The number of halogens is 1. The summed E-state index contributed by atoms with van der Waals surface area (Å²) in [5, 5.41) is 6.99. The Morgan fingerprint density at radius 2 is 1.73 bits per heavy atom. The van der Waals surface area contributed by atoms with E-state index in [0.717, 1.165) is 53.1 Å². The smallest absolute Gasteiger partial charge is 0.407 e. The van der Waals surface area contributed by atoms with Crippen LogP contribution in [-0.4, -0.2) is 87.1 Å². The first-order valence-electron chi connectivity index (χ1n) is 19.7. The van der Waals surface area contributed by atoms with Crippen molar-refractivity contribution < 1.29 is 33.0 Å². The fourth-order valence-corrected chi connectivity index (χ4v) is 8.64. The number of imidazole rings is 2. The zero-order valence-electron chi connectivity index (χ0n) is 33.0. The summed E-state index contributed by atoms with van der Waals surface area (Å²) >= 11 is 0. The minimum Gasteiger partial charge on any atom is -0.453 e. The van der Waals surface area contributed by atoms with Gasteiger partial charge in [-0.15, -0.1) is 0 Å². The van der Waals surface area contributed by atoms with Gasteiger partial charge in [-0.25, -0.2) is 23.9 Å². The highest BCUT2D eigenvalue weighted by Gasteiger charge is 2.51. The van der Waals surface area contributed by atoms with Gasteiger partial charge in [-0.05, 0) is 77.9 Å². The molecule has 304 valence electrons. The van der Waals surface area contributed by atoms with Crippen molar-refractivity contribution in [2.24, 2.45) is 5.92 Å². The molecule has 15 heteroatoms. The molecule has 59 heavy (non-hydrogen) atoms. The molecule has 0 unspecified atom stereocenters. The van der Waals surface area contributed by atoms with Crippen molar-refractivity contribution in [2.75, 3.05) is 27.3 Å². The normalized spacial score (nSPS) is 17.6. The van der Waals surface area contributed by atoms with Crippen molar-refractivity contribution >= 4 is 45.8 Å². The van der Waals surface area contributed by atoms with Crippen molar-refractivity contribution in [1.29, 1.82) is 0 Å². The summed E-state index contributed by atoms with van der Waals surface area (Å²) in [4.78, 5) is 70.7. The number of hydrogen-bond donors (Lipinski definition) is 4. The minimum atomic E-state index is -0.939. The van der Waals surface area contributed by atoms with E-state index >= 15 is 4.39 Å². The average molecular weight is 801 g/mol. The number of alkyl carbamates (subject to hydrolysis) is 2. The first kappa shape index (κ1) is 39.1. The maximum Gasteiger partial charge on any atom is 0.407 e. The number of carbonyl (C=O) groups is 4. The van der Waals surface area contributed by atoms with Crippen molar-refractivity contribution in [3.05, 3.63) is 108 Å². The van der Waals surface area contributed by atoms with Gasteiger partial charge in [0.05, 0.1) is 49.7 Å². The summed E-state index contributed by atoms with van der Waals surface area (Å²) in [6.45, 7) is 2.53. The topological polar surface area (TPSA) is 175 Å². The van der Waals surface area contributed by atoms with Crippen LogP contribution in [0.1, 0.15) is 61.9 Å². The van der Waals surface area contributed by atoms with Gasteiger partial charge < -0.3 is 39.9 Å². The Morgan fingerprint density at radius 3 is 2.49 bits per heavy atom. The number of carbonyl (C=O) groups excluding carboxylic acids is 4. The number of nitrogens with one attached hydrogen (secondary N) is 4. The van der Waals surface area contributed by atoms with E-state index in [2.05, 4.69) is 25.3 Å². The second-order valence-corrected chi connectivity index (χ2v) is 15.0. The molecule has 0 radical (unpaired) electrons. The predicted octanol–water partition coefficient (Wildman–Crippen LogP) is 7.16. The van der Waals surface area contributed by atoms with E-state index in [4.69, 9.17) is 14.7 Å². The largest absolute Gasteiger partial charge is 0.453 e. The summed E-state index contributed by atoms with van der Waals surface area (Å²) < 4.78 is 25.5. The van der Waals surface area contributed by atoms with Gasteiger partial charge in [-0.3, -0.25) is 9.59 Å². The molecule has 2 bridgehead atoms. The number of benzene rings is 4. The molecular formula is C44H45FN8O6. The predicted molar refractivity (Wildman–Crippen MR) is 218 cm³/mol. The number of hydrogen-bond acceptors (Lipinski definition) is 8. The number of rotatable bonds is 12. The van der Waals surface area contributed by atoms with Crippen LogP contribution in [0.3, 0.4) is 0 Å². The number of piperidine rings is 1. The van der Waals surface area contributed by atoms with Crippen molar-refractivity contribution in [2.45, 2.75) is 57.3 Å². The average Bonchev–Trinajstić information content (AvgIpc) is 4.09. The third kappa shape index (κ3) is 7.79. The van der Waals surface area contributed by atoms with Crippen LogP contribution in [0.5, 0.6) is 0 Å². The first-order chi connectivity index (χ1) is 28.6. The van der Waals surface area contributed by atoms with Gasteiger partial charge in [-0.1, -0.05) is 61.5 Å². The van der Waals surface area contributed by atoms with Gasteiger partial charge >= 0.3 is 12.2 Å². The highest BCUT2D eigenvalue weighted by molar-refractivity contribution is 6.05. The molecule has 4 atom stereocenters. The van der Waals surface area contributed by atoms with Gasteiger partial charge in [0.2, 0.25) is 5.91 Å². The Labute approximate surface area is 339 Å². The Kier molecular flexibility index (Phi) is 11.0. The van der Waals surface area contributed by atoms with E-state index in [1.54, 1.807) is 29.3 Å². The van der Waals surface area contributed by atoms with Crippen LogP contribution < -0.4 is 10.6 Å². The molecular weight excluding hydrogens is 756 g/mol. The number of aromatic amines is 2. The zero-order chi connectivity index (χ0) is 41.2. The molecule has 1 saturated heterocycles. The van der Waals surface area contributed by atoms with Crippen LogP contribution in [-0.2, 0) is 25.6 Å². The summed E-state index contributed by atoms with van der Waals surface area (Å²) in [7, 11) is 2.51. The standard InChI is InChI=1S/C44H45FN8O6/c1-4-18-52(37(54)23-47-43(56)58-2)24-36-48-34-17-13-28-19-26(11-15-31(28)39(34)50-36)27-12-16-32(33(45)21-27)35-22-46-41(49-35)40-29-10-14-30(20-29)53(40)42(55)38(51-44(57)59-3)25-8-6-5-7-9-25/h5-9,11-13,15-17,19,21-22,29-30,38,40H,4,10,14,18,20,23-24H2,1-3H3,(H,46,49)(H,47,56)(H,48,50)(H,51,57)/t29-,30+,38+,40-/m0/s1. The minimum absolute atomic E-state index is 0.00385. The number of aromatic nitrogens is 4. The number of H-pyrrole nitrogens is 2. The lowest BCUT2D eigenvalue weighted by Crippen LogP contribution is -2.47. The second-order valence-electron chi connectivity index (χ2n) is 15.0. The number of likely N-dealkylation sites (tertiary alicyclic amines) is 1. The molecule has 1 aliphatic carbocycles. The van der Waals surface area contributed by atoms with Crippen LogP contribution >= 0.6 is 0 Å². The van der Waals surface area contributed by atoms with Gasteiger partial charge in [0.15, 0.2) is 0 Å².